The minimum atomic E-state index is 0.477. The summed E-state index contributed by atoms with van der Waals surface area (Å²) in [5.74, 6) is 0.760. The molecule has 0 amide bonds. The van der Waals surface area contributed by atoms with Gasteiger partial charge in [-0.3, -0.25) is 0 Å². The summed E-state index contributed by atoms with van der Waals surface area (Å²) in [6, 6.07) is 8.24. The maximum absolute atomic E-state index is 5.81. The number of rotatable bonds is 2. The van der Waals surface area contributed by atoms with E-state index in [1.165, 1.54) is 5.56 Å². The van der Waals surface area contributed by atoms with Crippen LogP contribution in [0.3, 0.4) is 0 Å². The fraction of sp³-hybridized carbons (Fsp3) is 0.200. The van der Waals surface area contributed by atoms with Gasteiger partial charge >= 0.3 is 0 Å². The van der Waals surface area contributed by atoms with E-state index in [1.54, 1.807) is 0 Å². The summed E-state index contributed by atoms with van der Waals surface area (Å²) in [5.41, 5.74) is 11.0. The highest BCUT2D eigenvalue weighted by Gasteiger charge is 2.14. The van der Waals surface area contributed by atoms with Crippen molar-refractivity contribution in [2.75, 3.05) is 0 Å². The first kappa shape index (κ1) is 11.9. The van der Waals surface area contributed by atoms with Gasteiger partial charge in [0.25, 0.3) is 0 Å². The molecule has 0 spiro atoms. The van der Waals surface area contributed by atoms with E-state index in [9.17, 15) is 0 Å². The third kappa shape index (κ3) is 1.90. The molecule has 3 rings (SSSR count). The molecule has 4 heteroatoms. The van der Waals surface area contributed by atoms with Crippen molar-refractivity contribution < 1.29 is 0 Å². The van der Waals surface area contributed by atoms with Crippen molar-refractivity contribution in [3.63, 3.8) is 0 Å². The van der Waals surface area contributed by atoms with Crippen molar-refractivity contribution in [3.8, 4) is 11.3 Å². The summed E-state index contributed by atoms with van der Waals surface area (Å²) >= 11 is 0. The molecule has 2 aromatic heterocycles. The van der Waals surface area contributed by atoms with Gasteiger partial charge in [-0.1, -0.05) is 24.3 Å². The lowest BCUT2D eigenvalue weighted by Gasteiger charge is -2.08. The molecule has 0 saturated carbocycles. The number of hydrogen-bond acceptors (Lipinski definition) is 3. The molecular weight excluding hydrogens is 236 g/mol. The van der Waals surface area contributed by atoms with Gasteiger partial charge in [0.2, 0.25) is 0 Å². The average molecular weight is 252 g/mol. The zero-order valence-electron chi connectivity index (χ0n) is 11.1. The zero-order chi connectivity index (χ0) is 13.4. The summed E-state index contributed by atoms with van der Waals surface area (Å²) in [4.78, 5) is 12.2. The maximum Gasteiger partial charge on any atom is 0.141 e. The molecular formula is C15H16N4. The molecule has 1 aromatic carbocycles. The summed E-state index contributed by atoms with van der Waals surface area (Å²) in [6.45, 7) is 4.48. The summed E-state index contributed by atoms with van der Waals surface area (Å²) in [5, 5.41) is 1.03. The second-order valence-corrected chi connectivity index (χ2v) is 4.68. The van der Waals surface area contributed by atoms with Crippen LogP contribution in [0.15, 0.2) is 30.5 Å². The normalized spacial score (nSPS) is 11.1. The van der Waals surface area contributed by atoms with Gasteiger partial charge in [0.05, 0.1) is 5.69 Å². The molecule has 0 aliphatic carbocycles. The Morgan fingerprint density at radius 1 is 1.16 bits per heavy atom. The van der Waals surface area contributed by atoms with Gasteiger partial charge in [0, 0.05) is 23.7 Å². The smallest absolute Gasteiger partial charge is 0.141 e. The van der Waals surface area contributed by atoms with E-state index in [1.807, 2.05) is 25.3 Å². The third-order valence-electron chi connectivity index (χ3n) is 3.35. The van der Waals surface area contributed by atoms with Gasteiger partial charge in [-0.05, 0) is 25.0 Å². The number of nitrogens with two attached hydrogens (primary N) is 1. The average Bonchev–Trinajstić information content (AvgIpc) is 2.81. The second-order valence-electron chi connectivity index (χ2n) is 4.68. The Morgan fingerprint density at radius 2 is 1.95 bits per heavy atom. The molecule has 0 saturated heterocycles. The predicted octanol–water partition coefficient (Wildman–Crippen LogP) is 2.70. The van der Waals surface area contributed by atoms with Gasteiger partial charge in [-0.25, -0.2) is 9.97 Å². The van der Waals surface area contributed by atoms with Crippen molar-refractivity contribution in [3.05, 3.63) is 47.4 Å². The lowest BCUT2D eigenvalue weighted by molar-refractivity contribution is 1.07. The lowest BCUT2D eigenvalue weighted by Crippen LogP contribution is -1.99. The molecule has 19 heavy (non-hydrogen) atoms. The van der Waals surface area contributed by atoms with Crippen LogP contribution in [-0.4, -0.2) is 15.0 Å². The van der Waals surface area contributed by atoms with Crippen LogP contribution in [0.4, 0.5) is 0 Å². The highest BCUT2D eigenvalue weighted by molar-refractivity contribution is 5.94. The van der Waals surface area contributed by atoms with E-state index < -0.39 is 0 Å². The Balaban J connectivity index is 2.39. The molecule has 0 radical (unpaired) electrons. The molecule has 96 valence electrons. The highest BCUT2D eigenvalue weighted by Crippen LogP contribution is 2.30. The first-order chi connectivity index (χ1) is 9.20. The van der Waals surface area contributed by atoms with Crippen LogP contribution in [0.2, 0.25) is 0 Å². The molecule has 0 unspecified atom stereocenters. The van der Waals surface area contributed by atoms with Crippen LogP contribution in [0, 0.1) is 13.8 Å². The van der Waals surface area contributed by atoms with Gasteiger partial charge in [-0.15, -0.1) is 0 Å². The summed E-state index contributed by atoms with van der Waals surface area (Å²) in [7, 11) is 0. The van der Waals surface area contributed by atoms with Crippen LogP contribution in [0.5, 0.6) is 0 Å². The fourth-order valence-corrected chi connectivity index (χ4v) is 2.40. The Kier molecular flexibility index (Phi) is 2.80. The van der Waals surface area contributed by atoms with E-state index in [-0.39, 0.29) is 0 Å². The quantitative estimate of drug-likeness (QED) is 0.736. The molecule has 0 atom stereocenters. The van der Waals surface area contributed by atoms with Crippen molar-refractivity contribution in [1.29, 1.82) is 0 Å². The summed E-state index contributed by atoms with van der Waals surface area (Å²) < 4.78 is 0. The number of fused-ring (bicyclic) bond motifs is 1. The molecule has 4 nitrogen and oxygen atoms in total. The van der Waals surface area contributed by atoms with E-state index in [4.69, 9.17) is 5.73 Å². The number of nitrogens with one attached hydrogen (secondary N) is 1. The number of nitrogens with zero attached hydrogens (tertiary/aromatic N) is 2. The van der Waals surface area contributed by atoms with E-state index in [0.717, 1.165) is 33.7 Å². The van der Waals surface area contributed by atoms with Crippen LogP contribution in [0.1, 0.15) is 17.0 Å². The standard InChI is InChI=1S/C15H16N4/c1-9-5-3-4-6-12(9)14-13-11(7-16)8-17-15(13)19-10(2)18-14/h3-6,8H,7,16H2,1-2H3,(H,17,18,19). The molecule has 0 fully saturated rings. The number of H-pyrrole nitrogens is 1. The van der Waals surface area contributed by atoms with Gasteiger partial charge in [-0.2, -0.15) is 0 Å². The van der Waals surface area contributed by atoms with Crippen LogP contribution >= 0.6 is 0 Å². The van der Waals surface area contributed by atoms with E-state index in [2.05, 4.69) is 34.0 Å². The second kappa shape index (κ2) is 4.48. The molecule has 0 aliphatic rings. The minimum absolute atomic E-state index is 0.477. The number of benzene rings is 1. The Morgan fingerprint density at radius 3 is 2.68 bits per heavy atom. The Bertz CT molecular complexity index is 743. The lowest BCUT2D eigenvalue weighted by atomic mass is 10.0. The Hall–Kier alpha value is -2.20. The molecule has 3 N–H and O–H groups in total. The first-order valence-electron chi connectivity index (χ1n) is 6.31. The Labute approximate surface area is 111 Å². The predicted molar refractivity (Wildman–Crippen MR) is 76.7 cm³/mol. The highest BCUT2D eigenvalue weighted by atomic mass is 14.9. The van der Waals surface area contributed by atoms with E-state index in [0.29, 0.717) is 6.54 Å². The molecule has 2 heterocycles. The van der Waals surface area contributed by atoms with Gasteiger partial charge in [0.15, 0.2) is 0 Å². The monoisotopic (exact) mass is 252 g/mol. The van der Waals surface area contributed by atoms with Crippen molar-refractivity contribution in [2.45, 2.75) is 20.4 Å². The SMILES string of the molecule is Cc1nc(-c2ccccc2C)c2c(CN)c[nH]c2n1. The first-order valence-corrected chi connectivity index (χ1v) is 6.31. The van der Waals surface area contributed by atoms with Crippen molar-refractivity contribution in [2.24, 2.45) is 5.73 Å². The van der Waals surface area contributed by atoms with Gasteiger partial charge < -0.3 is 10.7 Å². The van der Waals surface area contributed by atoms with Crippen molar-refractivity contribution >= 4 is 11.0 Å². The van der Waals surface area contributed by atoms with Crippen LogP contribution in [-0.2, 0) is 6.54 Å². The zero-order valence-corrected chi connectivity index (χ0v) is 11.1. The number of aromatic nitrogens is 3. The molecule has 3 aromatic rings. The van der Waals surface area contributed by atoms with E-state index >= 15 is 0 Å². The maximum atomic E-state index is 5.81. The minimum Gasteiger partial charge on any atom is -0.346 e. The van der Waals surface area contributed by atoms with Crippen molar-refractivity contribution in [1.82, 2.24) is 15.0 Å². The third-order valence-corrected chi connectivity index (χ3v) is 3.35. The van der Waals surface area contributed by atoms with Crippen LogP contribution < -0.4 is 5.73 Å². The topological polar surface area (TPSA) is 67.6 Å². The number of aryl methyl sites for hydroxylation is 2. The number of hydrogen-bond donors (Lipinski definition) is 2. The fourth-order valence-electron chi connectivity index (χ4n) is 2.40. The number of aromatic amines is 1. The molecule has 0 aliphatic heterocycles. The van der Waals surface area contributed by atoms with Crippen LogP contribution in [0.25, 0.3) is 22.3 Å². The summed E-state index contributed by atoms with van der Waals surface area (Å²) in [6.07, 6.45) is 1.92. The molecule has 0 bridgehead atoms. The largest absolute Gasteiger partial charge is 0.346 e. The van der Waals surface area contributed by atoms with Gasteiger partial charge in [0.1, 0.15) is 11.5 Å².